The van der Waals surface area contributed by atoms with Crippen LogP contribution < -0.4 is 11.3 Å². The molecule has 0 saturated heterocycles. The minimum Gasteiger partial charge on any atom is -0.308 e. The molecule has 0 atom stereocenters. The zero-order chi connectivity index (χ0) is 15.1. The van der Waals surface area contributed by atoms with Gasteiger partial charge >= 0.3 is 0 Å². The van der Waals surface area contributed by atoms with Crippen molar-refractivity contribution in [3.63, 3.8) is 0 Å². The van der Waals surface area contributed by atoms with E-state index >= 15 is 0 Å². The van der Waals surface area contributed by atoms with E-state index in [2.05, 4.69) is 24.5 Å². The van der Waals surface area contributed by atoms with E-state index in [0.29, 0.717) is 0 Å². The van der Waals surface area contributed by atoms with E-state index in [1.54, 1.807) is 0 Å². The van der Waals surface area contributed by atoms with Gasteiger partial charge in [0.15, 0.2) is 5.65 Å². The van der Waals surface area contributed by atoms with E-state index in [1.807, 2.05) is 22.7 Å². The number of nitrogens with one attached hydrogen (secondary N) is 1. The van der Waals surface area contributed by atoms with Crippen molar-refractivity contribution in [3.8, 4) is 11.3 Å². The first kappa shape index (κ1) is 13.3. The summed E-state index contributed by atoms with van der Waals surface area (Å²) in [5.41, 5.74) is 9.33. The van der Waals surface area contributed by atoms with Crippen molar-refractivity contribution in [2.75, 3.05) is 5.43 Å². The zero-order valence-electron chi connectivity index (χ0n) is 12.6. The SMILES string of the molecule is Cc1ccccc1-c1cc2nc3c(c(NN)n2n1)CCCC3. The van der Waals surface area contributed by atoms with Crippen LogP contribution in [0.5, 0.6) is 0 Å². The summed E-state index contributed by atoms with van der Waals surface area (Å²) in [6.45, 7) is 2.10. The maximum atomic E-state index is 5.78. The molecule has 112 valence electrons. The average molecular weight is 293 g/mol. The average Bonchev–Trinajstić information content (AvgIpc) is 2.96. The van der Waals surface area contributed by atoms with Gasteiger partial charge in [0.05, 0.1) is 5.69 Å². The number of nitrogens with zero attached hydrogens (tertiary/aromatic N) is 3. The van der Waals surface area contributed by atoms with E-state index in [0.717, 1.165) is 41.3 Å². The fourth-order valence-electron chi connectivity index (χ4n) is 3.29. The van der Waals surface area contributed by atoms with Crippen LogP contribution in [0.2, 0.25) is 0 Å². The molecule has 4 rings (SSSR count). The van der Waals surface area contributed by atoms with Crippen molar-refractivity contribution in [3.05, 3.63) is 47.2 Å². The number of hydrogen-bond donors (Lipinski definition) is 2. The lowest BCUT2D eigenvalue weighted by Gasteiger charge is -2.18. The molecule has 0 unspecified atom stereocenters. The lowest BCUT2D eigenvalue weighted by molar-refractivity contribution is 0.661. The van der Waals surface area contributed by atoms with E-state index < -0.39 is 0 Å². The van der Waals surface area contributed by atoms with E-state index in [-0.39, 0.29) is 0 Å². The molecule has 0 aliphatic heterocycles. The maximum Gasteiger partial charge on any atom is 0.158 e. The van der Waals surface area contributed by atoms with E-state index in [4.69, 9.17) is 15.9 Å². The second-order valence-corrected chi connectivity index (χ2v) is 5.85. The molecule has 0 bridgehead atoms. The van der Waals surface area contributed by atoms with Gasteiger partial charge in [-0.25, -0.2) is 10.8 Å². The Balaban J connectivity index is 1.96. The summed E-state index contributed by atoms with van der Waals surface area (Å²) in [5, 5.41) is 4.73. The first-order chi connectivity index (χ1) is 10.8. The molecule has 22 heavy (non-hydrogen) atoms. The number of fused-ring (bicyclic) bond motifs is 2. The van der Waals surface area contributed by atoms with Crippen LogP contribution in [0.25, 0.3) is 16.9 Å². The smallest absolute Gasteiger partial charge is 0.158 e. The molecule has 1 aromatic carbocycles. The Bertz CT molecular complexity index is 850. The summed E-state index contributed by atoms with van der Waals surface area (Å²) in [6.07, 6.45) is 4.41. The van der Waals surface area contributed by atoms with Crippen molar-refractivity contribution in [2.24, 2.45) is 5.84 Å². The minimum absolute atomic E-state index is 0.854. The number of rotatable bonds is 2. The lowest BCUT2D eigenvalue weighted by Crippen LogP contribution is -2.18. The van der Waals surface area contributed by atoms with Crippen molar-refractivity contribution < 1.29 is 0 Å². The zero-order valence-corrected chi connectivity index (χ0v) is 12.6. The Morgan fingerprint density at radius 3 is 2.82 bits per heavy atom. The van der Waals surface area contributed by atoms with Gasteiger partial charge in [-0.05, 0) is 38.2 Å². The summed E-state index contributed by atoms with van der Waals surface area (Å²) in [7, 11) is 0. The molecule has 5 heteroatoms. The van der Waals surface area contributed by atoms with Gasteiger partial charge in [0.2, 0.25) is 0 Å². The highest BCUT2D eigenvalue weighted by Gasteiger charge is 2.19. The molecule has 2 aromatic heterocycles. The normalized spacial score (nSPS) is 14.1. The Morgan fingerprint density at radius 2 is 2.00 bits per heavy atom. The second kappa shape index (κ2) is 5.10. The molecule has 0 radical (unpaired) electrons. The van der Waals surface area contributed by atoms with Crippen LogP contribution in [0.4, 0.5) is 5.82 Å². The Labute approximate surface area is 129 Å². The molecular weight excluding hydrogens is 274 g/mol. The van der Waals surface area contributed by atoms with Gasteiger partial charge in [0, 0.05) is 22.9 Å². The van der Waals surface area contributed by atoms with Crippen molar-refractivity contribution in [1.82, 2.24) is 14.6 Å². The van der Waals surface area contributed by atoms with Gasteiger partial charge in [-0.1, -0.05) is 24.3 Å². The lowest BCUT2D eigenvalue weighted by atomic mass is 9.96. The van der Waals surface area contributed by atoms with Gasteiger partial charge in [-0.2, -0.15) is 9.61 Å². The van der Waals surface area contributed by atoms with Crippen LogP contribution in [0.15, 0.2) is 30.3 Å². The fourth-order valence-corrected chi connectivity index (χ4v) is 3.29. The summed E-state index contributed by atoms with van der Waals surface area (Å²) < 4.78 is 1.84. The third-order valence-electron chi connectivity index (χ3n) is 4.43. The maximum absolute atomic E-state index is 5.78. The minimum atomic E-state index is 0.854. The molecule has 0 amide bonds. The Hall–Kier alpha value is -2.40. The van der Waals surface area contributed by atoms with Crippen LogP contribution in [-0.4, -0.2) is 14.6 Å². The first-order valence-electron chi connectivity index (χ1n) is 7.72. The number of hydrazine groups is 1. The molecule has 5 nitrogen and oxygen atoms in total. The predicted molar refractivity (Wildman–Crippen MR) is 87.6 cm³/mol. The molecule has 3 aromatic rings. The highest BCUT2D eigenvalue weighted by atomic mass is 15.4. The van der Waals surface area contributed by atoms with Gasteiger partial charge < -0.3 is 5.43 Å². The molecule has 1 aliphatic rings. The first-order valence-corrected chi connectivity index (χ1v) is 7.72. The van der Waals surface area contributed by atoms with Gasteiger partial charge in [0.1, 0.15) is 5.82 Å². The van der Waals surface area contributed by atoms with E-state index in [9.17, 15) is 0 Å². The number of hydrogen-bond acceptors (Lipinski definition) is 4. The van der Waals surface area contributed by atoms with Gasteiger partial charge in [-0.15, -0.1) is 0 Å². The van der Waals surface area contributed by atoms with Gasteiger partial charge in [0.25, 0.3) is 0 Å². The predicted octanol–water partition coefficient (Wildman–Crippen LogP) is 2.87. The number of aryl methyl sites for hydroxylation is 2. The third kappa shape index (κ3) is 1.97. The van der Waals surface area contributed by atoms with Crippen molar-refractivity contribution in [1.29, 1.82) is 0 Å². The summed E-state index contributed by atoms with van der Waals surface area (Å²) >= 11 is 0. The number of benzene rings is 1. The van der Waals surface area contributed by atoms with Crippen molar-refractivity contribution in [2.45, 2.75) is 32.6 Å². The summed E-state index contributed by atoms with van der Waals surface area (Å²) in [6, 6.07) is 10.3. The number of aromatic nitrogens is 3. The Morgan fingerprint density at radius 1 is 1.18 bits per heavy atom. The quantitative estimate of drug-likeness (QED) is 0.563. The number of nitrogen functional groups attached to an aromatic ring is 1. The van der Waals surface area contributed by atoms with Crippen LogP contribution in [0, 0.1) is 6.92 Å². The molecular formula is C17H19N5. The second-order valence-electron chi connectivity index (χ2n) is 5.85. The van der Waals surface area contributed by atoms with E-state index in [1.165, 1.54) is 24.0 Å². The van der Waals surface area contributed by atoms with Crippen LogP contribution in [0.3, 0.4) is 0 Å². The molecule has 0 saturated carbocycles. The topological polar surface area (TPSA) is 68.2 Å². The molecule has 2 heterocycles. The van der Waals surface area contributed by atoms with Crippen LogP contribution in [0.1, 0.15) is 29.7 Å². The van der Waals surface area contributed by atoms with Crippen LogP contribution in [-0.2, 0) is 12.8 Å². The highest BCUT2D eigenvalue weighted by molar-refractivity contribution is 5.69. The standard InChI is InChI=1S/C17H19N5/c1-11-6-2-3-7-12(11)15-10-16-19-14-9-5-4-8-13(14)17(20-18)22(16)21-15/h2-3,6-7,10,20H,4-5,8-9,18H2,1H3. The van der Waals surface area contributed by atoms with Crippen LogP contribution >= 0.6 is 0 Å². The summed E-state index contributed by atoms with van der Waals surface area (Å²) in [5.74, 6) is 6.65. The molecule has 0 fully saturated rings. The van der Waals surface area contributed by atoms with Crippen molar-refractivity contribution >= 4 is 11.5 Å². The number of nitrogens with two attached hydrogens (primary N) is 1. The Kier molecular flexibility index (Phi) is 3.08. The highest BCUT2D eigenvalue weighted by Crippen LogP contribution is 2.29. The van der Waals surface area contributed by atoms with Gasteiger partial charge in [-0.3, -0.25) is 0 Å². The number of anilines is 1. The molecule has 3 N–H and O–H groups in total. The largest absolute Gasteiger partial charge is 0.308 e. The molecule has 0 spiro atoms. The summed E-state index contributed by atoms with van der Waals surface area (Å²) in [4.78, 5) is 4.81. The monoisotopic (exact) mass is 293 g/mol. The third-order valence-corrected chi connectivity index (χ3v) is 4.43. The fraction of sp³-hybridized carbons (Fsp3) is 0.294. The molecule has 1 aliphatic carbocycles.